The van der Waals surface area contributed by atoms with Gasteiger partial charge in [-0.05, 0) is 44.0 Å². The molecule has 2 N–H and O–H groups in total. The van der Waals surface area contributed by atoms with Crippen molar-refractivity contribution in [1.29, 1.82) is 0 Å². The van der Waals surface area contributed by atoms with Crippen molar-refractivity contribution in [3.05, 3.63) is 24.3 Å². The molecule has 1 aliphatic heterocycles. The number of anilines is 2. The summed E-state index contributed by atoms with van der Waals surface area (Å²) in [6.07, 6.45) is 6.25. The number of nitrogens with one attached hydrogen (secondary N) is 2. The zero-order valence-corrected chi connectivity index (χ0v) is 14.6. The Kier molecular flexibility index (Phi) is 6.10. The van der Waals surface area contributed by atoms with Gasteiger partial charge in [-0.25, -0.2) is 0 Å². The normalized spacial score (nSPS) is 20.6. The molecule has 1 saturated carbocycles. The average molecular weight is 331 g/mol. The largest absolute Gasteiger partial charge is 0.378 e. The molecule has 1 atom stereocenters. The van der Waals surface area contributed by atoms with E-state index in [-0.39, 0.29) is 11.9 Å². The fourth-order valence-electron chi connectivity index (χ4n) is 3.53. The highest BCUT2D eigenvalue weighted by atomic mass is 16.5. The molecule has 1 saturated heterocycles. The van der Waals surface area contributed by atoms with Crippen molar-refractivity contribution in [2.24, 2.45) is 0 Å². The van der Waals surface area contributed by atoms with Crippen LogP contribution in [-0.4, -0.2) is 44.3 Å². The van der Waals surface area contributed by atoms with Gasteiger partial charge >= 0.3 is 0 Å². The van der Waals surface area contributed by atoms with Crippen LogP contribution >= 0.6 is 0 Å². The van der Waals surface area contributed by atoms with Gasteiger partial charge in [0.05, 0.1) is 19.3 Å². The third-order valence-electron chi connectivity index (χ3n) is 5.00. The van der Waals surface area contributed by atoms with Crippen LogP contribution < -0.4 is 15.5 Å². The Labute approximate surface area is 144 Å². The molecule has 1 aromatic rings. The van der Waals surface area contributed by atoms with Crippen molar-refractivity contribution in [2.45, 2.75) is 51.1 Å². The second-order valence-corrected chi connectivity index (χ2v) is 6.86. The third kappa shape index (κ3) is 4.71. The van der Waals surface area contributed by atoms with Gasteiger partial charge in [0.2, 0.25) is 5.91 Å². The van der Waals surface area contributed by atoms with E-state index in [0.717, 1.165) is 32.0 Å². The number of nitrogens with zero attached hydrogens (tertiary/aromatic N) is 1. The molecule has 0 aromatic heterocycles. The summed E-state index contributed by atoms with van der Waals surface area (Å²) >= 11 is 0. The van der Waals surface area contributed by atoms with E-state index in [1.54, 1.807) is 0 Å². The molecule has 5 heteroatoms. The van der Waals surface area contributed by atoms with E-state index in [2.05, 4.69) is 27.7 Å². The fraction of sp³-hybridized carbons (Fsp3) is 0.632. The van der Waals surface area contributed by atoms with Gasteiger partial charge in [-0.2, -0.15) is 0 Å². The molecule has 0 bridgehead atoms. The highest BCUT2D eigenvalue weighted by Crippen LogP contribution is 2.20. The van der Waals surface area contributed by atoms with Crippen LogP contribution in [-0.2, 0) is 9.53 Å². The molecule has 1 amide bonds. The molecule has 1 heterocycles. The van der Waals surface area contributed by atoms with Gasteiger partial charge in [0.25, 0.3) is 0 Å². The van der Waals surface area contributed by atoms with E-state index in [9.17, 15) is 4.79 Å². The van der Waals surface area contributed by atoms with Crippen LogP contribution in [0.2, 0.25) is 0 Å². The van der Waals surface area contributed by atoms with Crippen molar-refractivity contribution < 1.29 is 9.53 Å². The summed E-state index contributed by atoms with van der Waals surface area (Å²) in [4.78, 5) is 14.7. The number of ether oxygens (including phenoxy) is 1. The van der Waals surface area contributed by atoms with Gasteiger partial charge in [0, 0.05) is 30.5 Å². The summed E-state index contributed by atoms with van der Waals surface area (Å²) in [7, 11) is 0. The summed E-state index contributed by atoms with van der Waals surface area (Å²) in [5, 5.41) is 6.48. The molecule has 24 heavy (non-hydrogen) atoms. The third-order valence-corrected chi connectivity index (χ3v) is 5.00. The van der Waals surface area contributed by atoms with Crippen LogP contribution in [0.1, 0.15) is 39.0 Å². The van der Waals surface area contributed by atoms with Crippen molar-refractivity contribution in [1.82, 2.24) is 5.32 Å². The Hall–Kier alpha value is -1.59. The van der Waals surface area contributed by atoms with Gasteiger partial charge in [0.1, 0.15) is 0 Å². The zero-order valence-electron chi connectivity index (χ0n) is 14.6. The van der Waals surface area contributed by atoms with Crippen LogP contribution in [0.5, 0.6) is 0 Å². The maximum absolute atomic E-state index is 12.4. The summed E-state index contributed by atoms with van der Waals surface area (Å²) in [6, 6.07) is 8.43. The van der Waals surface area contributed by atoms with E-state index in [0.29, 0.717) is 6.04 Å². The second kappa shape index (κ2) is 8.49. The van der Waals surface area contributed by atoms with E-state index >= 15 is 0 Å². The highest BCUT2D eigenvalue weighted by molar-refractivity contribution is 5.94. The van der Waals surface area contributed by atoms with E-state index < -0.39 is 0 Å². The lowest BCUT2D eigenvalue weighted by Gasteiger charge is -2.29. The minimum absolute atomic E-state index is 0.0414. The molecule has 2 fully saturated rings. The molecular formula is C19H29N3O2. The van der Waals surface area contributed by atoms with Crippen LogP contribution in [0.3, 0.4) is 0 Å². The predicted octanol–water partition coefficient (Wildman–Crippen LogP) is 2.77. The van der Waals surface area contributed by atoms with Gasteiger partial charge in [-0.15, -0.1) is 0 Å². The van der Waals surface area contributed by atoms with Crippen molar-refractivity contribution in [2.75, 3.05) is 36.5 Å². The molecule has 5 nitrogen and oxygen atoms in total. The molecule has 0 spiro atoms. The first-order valence-corrected chi connectivity index (χ1v) is 9.22. The Morgan fingerprint density at radius 3 is 2.46 bits per heavy atom. The van der Waals surface area contributed by atoms with Gasteiger partial charge in [0.15, 0.2) is 0 Å². The molecule has 132 valence electrons. The van der Waals surface area contributed by atoms with Crippen LogP contribution in [0.4, 0.5) is 11.4 Å². The second-order valence-electron chi connectivity index (χ2n) is 6.86. The Balaban J connectivity index is 1.50. The lowest BCUT2D eigenvalue weighted by atomic mass is 9.95. The number of morpholine rings is 1. The maximum Gasteiger partial charge on any atom is 0.241 e. The summed E-state index contributed by atoms with van der Waals surface area (Å²) in [6.45, 7) is 5.36. The lowest BCUT2D eigenvalue weighted by molar-refractivity contribution is -0.118. The lowest BCUT2D eigenvalue weighted by Crippen LogP contribution is -2.44. The summed E-state index contributed by atoms with van der Waals surface area (Å²) in [5.74, 6) is 0.0414. The molecule has 2 aliphatic rings. The SMILES string of the molecule is C[C@@H](NC1CCCCC1)C(=O)Nc1ccc(N2CCOCC2)cc1. The van der Waals surface area contributed by atoms with E-state index in [1.807, 2.05) is 19.1 Å². The number of amides is 1. The summed E-state index contributed by atoms with van der Waals surface area (Å²) in [5.41, 5.74) is 2.04. The van der Waals surface area contributed by atoms with Gasteiger partial charge in [-0.1, -0.05) is 19.3 Å². The minimum atomic E-state index is -0.160. The standard InChI is InChI=1S/C19H29N3O2/c1-15(20-16-5-3-2-4-6-16)19(23)21-17-7-9-18(10-8-17)22-11-13-24-14-12-22/h7-10,15-16,20H,2-6,11-14H2,1H3,(H,21,23)/t15-/m1/s1. The smallest absolute Gasteiger partial charge is 0.241 e. The van der Waals surface area contributed by atoms with E-state index in [4.69, 9.17) is 4.74 Å². The Bertz CT molecular complexity index is 520. The summed E-state index contributed by atoms with van der Waals surface area (Å²) < 4.78 is 5.38. The zero-order chi connectivity index (χ0) is 16.8. The van der Waals surface area contributed by atoms with Gasteiger partial charge in [-0.3, -0.25) is 4.79 Å². The molecular weight excluding hydrogens is 302 g/mol. The quantitative estimate of drug-likeness (QED) is 0.871. The maximum atomic E-state index is 12.4. The Morgan fingerprint density at radius 2 is 1.79 bits per heavy atom. The highest BCUT2D eigenvalue weighted by Gasteiger charge is 2.20. The first-order chi connectivity index (χ1) is 11.7. The monoisotopic (exact) mass is 331 g/mol. The molecule has 0 radical (unpaired) electrons. The van der Waals surface area contributed by atoms with Crippen LogP contribution in [0.25, 0.3) is 0 Å². The van der Waals surface area contributed by atoms with E-state index in [1.165, 1.54) is 37.8 Å². The number of rotatable bonds is 5. The minimum Gasteiger partial charge on any atom is -0.378 e. The number of carbonyl (C=O) groups excluding carboxylic acids is 1. The number of benzene rings is 1. The van der Waals surface area contributed by atoms with Crippen molar-refractivity contribution in [3.63, 3.8) is 0 Å². The number of hydrogen-bond donors (Lipinski definition) is 2. The fourth-order valence-corrected chi connectivity index (χ4v) is 3.53. The molecule has 1 aromatic carbocycles. The molecule has 0 unspecified atom stereocenters. The number of hydrogen-bond acceptors (Lipinski definition) is 4. The predicted molar refractivity (Wildman–Crippen MR) is 97.6 cm³/mol. The van der Waals surface area contributed by atoms with Gasteiger partial charge < -0.3 is 20.3 Å². The molecule has 1 aliphatic carbocycles. The van der Waals surface area contributed by atoms with Crippen molar-refractivity contribution >= 4 is 17.3 Å². The van der Waals surface area contributed by atoms with Crippen molar-refractivity contribution in [3.8, 4) is 0 Å². The van der Waals surface area contributed by atoms with Crippen LogP contribution in [0, 0.1) is 0 Å². The average Bonchev–Trinajstić information content (AvgIpc) is 2.64. The topological polar surface area (TPSA) is 53.6 Å². The van der Waals surface area contributed by atoms with Crippen LogP contribution in [0.15, 0.2) is 24.3 Å². The first-order valence-electron chi connectivity index (χ1n) is 9.22. The number of carbonyl (C=O) groups is 1. The Morgan fingerprint density at radius 1 is 1.12 bits per heavy atom. The first kappa shape index (κ1) is 17.2. The molecule has 3 rings (SSSR count).